The van der Waals surface area contributed by atoms with Crippen molar-refractivity contribution in [2.24, 2.45) is 5.41 Å². The van der Waals surface area contributed by atoms with Gasteiger partial charge in [-0.15, -0.1) is 0 Å². The van der Waals surface area contributed by atoms with Gasteiger partial charge in [-0.2, -0.15) is 18.3 Å². The third-order valence-electron chi connectivity index (χ3n) is 4.89. The van der Waals surface area contributed by atoms with Gasteiger partial charge in [0.2, 0.25) is 5.91 Å². The monoisotopic (exact) mass is 385 g/mol. The van der Waals surface area contributed by atoms with Crippen LogP contribution < -0.4 is 5.32 Å². The Balaban J connectivity index is 1.70. The molecule has 1 aromatic carbocycles. The van der Waals surface area contributed by atoms with Crippen molar-refractivity contribution in [2.75, 3.05) is 0 Å². The predicted octanol–water partition coefficient (Wildman–Crippen LogP) is 4.74. The number of carbonyl (C=O) groups is 1. The summed E-state index contributed by atoms with van der Waals surface area (Å²) >= 11 is 6.11. The lowest BCUT2D eigenvalue weighted by Crippen LogP contribution is -2.36. The molecular weight excluding hydrogens is 367 g/mol. The molecule has 0 unspecified atom stereocenters. The van der Waals surface area contributed by atoms with E-state index in [9.17, 15) is 18.0 Å². The van der Waals surface area contributed by atoms with Gasteiger partial charge in [0.1, 0.15) is 0 Å². The summed E-state index contributed by atoms with van der Waals surface area (Å²) < 4.78 is 39.3. The predicted molar refractivity (Wildman–Crippen MR) is 92.0 cm³/mol. The zero-order valence-electron chi connectivity index (χ0n) is 14.2. The van der Waals surface area contributed by atoms with Crippen LogP contribution in [0.25, 0.3) is 5.69 Å². The first-order valence-electron chi connectivity index (χ1n) is 8.39. The normalized spacial score (nSPS) is 16.7. The van der Waals surface area contributed by atoms with Crippen molar-refractivity contribution < 1.29 is 18.0 Å². The van der Waals surface area contributed by atoms with Crippen molar-refractivity contribution in [3.8, 4) is 5.69 Å². The average Bonchev–Trinajstić information content (AvgIpc) is 3.19. The molecule has 0 bridgehead atoms. The smallest absolute Gasteiger partial charge is 0.351 e. The van der Waals surface area contributed by atoms with Gasteiger partial charge in [0, 0.05) is 23.7 Å². The molecule has 2 aromatic rings. The number of hydrogen-bond donors (Lipinski definition) is 1. The van der Waals surface area contributed by atoms with Crippen molar-refractivity contribution in [2.45, 2.75) is 45.3 Å². The maximum absolute atomic E-state index is 12.6. The average molecular weight is 386 g/mol. The first-order valence-corrected chi connectivity index (χ1v) is 8.77. The van der Waals surface area contributed by atoms with E-state index >= 15 is 0 Å². The van der Waals surface area contributed by atoms with E-state index in [1.165, 1.54) is 16.8 Å². The zero-order valence-corrected chi connectivity index (χ0v) is 15.0. The number of amides is 1. The fraction of sp³-hybridized carbons (Fsp3) is 0.444. The Hall–Kier alpha value is -2.02. The van der Waals surface area contributed by atoms with Gasteiger partial charge < -0.3 is 5.32 Å². The van der Waals surface area contributed by atoms with Crippen LogP contribution in [0.4, 0.5) is 13.2 Å². The van der Waals surface area contributed by atoms with Crippen LogP contribution in [0.3, 0.4) is 0 Å². The Labute approximate surface area is 154 Å². The van der Waals surface area contributed by atoms with Crippen LogP contribution >= 0.6 is 11.6 Å². The molecule has 1 saturated carbocycles. The summed E-state index contributed by atoms with van der Waals surface area (Å²) in [6.07, 6.45) is 1.08. The van der Waals surface area contributed by atoms with Crippen LogP contribution in [0.1, 0.15) is 43.7 Å². The van der Waals surface area contributed by atoms with Crippen LogP contribution in [0.2, 0.25) is 5.15 Å². The van der Waals surface area contributed by atoms with Crippen molar-refractivity contribution in [3.05, 3.63) is 46.7 Å². The van der Waals surface area contributed by atoms with Gasteiger partial charge in [0.15, 0.2) is 5.15 Å². The lowest BCUT2D eigenvalue weighted by molar-refractivity contribution is -0.137. The molecular formula is C18H19ClF3N3O. The van der Waals surface area contributed by atoms with Gasteiger partial charge in [-0.05, 0) is 37.1 Å². The van der Waals surface area contributed by atoms with Gasteiger partial charge in [-0.3, -0.25) is 4.79 Å². The van der Waals surface area contributed by atoms with Gasteiger partial charge in [-0.1, -0.05) is 31.4 Å². The van der Waals surface area contributed by atoms with E-state index in [-0.39, 0.29) is 23.0 Å². The third-order valence-corrected chi connectivity index (χ3v) is 5.21. The first kappa shape index (κ1) is 18.8. The van der Waals surface area contributed by atoms with Gasteiger partial charge in [-0.25, -0.2) is 4.68 Å². The second kappa shape index (κ2) is 6.95. The lowest BCUT2D eigenvalue weighted by Gasteiger charge is -2.21. The standard InChI is InChI=1S/C18H19ClF3N3O/c1-17(8-2-3-9-17)16(26)23-10-12-11-25(24-15(12)19)14-6-4-13(5-7-14)18(20,21)22/h4-7,11H,2-3,8-10H2,1H3,(H,23,26). The molecule has 0 saturated heterocycles. The molecule has 1 N–H and O–H groups in total. The Morgan fingerprint density at radius 3 is 2.46 bits per heavy atom. The number of benzene rings is 1. The van der Waals surface area contributed by atoms with E-state index in [2.05, 4.69) is 10.4 Å². The van der Waals surface area contributed by atoms with Crippen molar-refractivity contribution >= 4 is 17.5 Å². The topological polar surface area (TPSA) is 46.9 Å². The molecule has 0 spiro atoms. The quantitative estimate of drug-likeness (QED) is 0.826. The molecule has 0 atom stereocenters. The molecule has 1 aliphatic carbocycles. The van der Waals surface area contributed by atoms with E-state index in [1.807, 2.05) is 6.92 Å². The molecule has 26 heavy (non-hydrogen) atoms. The Kier molecular flexibility index (Phi) is 5.01. The Bertz CT molecular complexity index is 793. The van der Waals surface area contributed by atoms with Crippen molar-refractivity contribution in [1.29, 1.82) is 0 Å². The summed E-state index contributed by atoms with van der Waals surface area (Å²) in [7, 11) is 0. The van der Waals surface area contributed by atoms with Crippen LogP contribution in [-0.4, -0.2) is 15.7 Å². The summed E-state index contributed by atoms with van der Waals surface area (Å²) in [4.78, 5) is 12.4. The van der Waals surface area contributed by atoms with E-state index < -0.39 is 11.7 Å². The third kappa shape index (κ3) is 3.87. The highest BCUT2D eigenvalue weighted by atomic mass is 35.5. The Morgan fingerprint density at radius 1 is 1.27 bits per heavy atom. The minimum absolute atomic E-state index is 0.00616. The number of alkyl halides is 3. The number of halogens is 4. The fourth-order valence-corrected chi connectivity index (χ4v) is 3.41. The number of nitrogens with zero attached hydrogens (tertiary/aromatic N) is 2. The summed E-state index contributed by atoms with van der Waals surface area (Å²) in [5.74, 6) is -0.00616. The number of carbonyl (C=O) groups excluding carboxylic acids is 1. The summed E-state index contributed by atoms with van der Waals surface area (Å²) in [5, 5.41) is 7.22. The first-order chi connectivity index (χ1) is 12.2. The largest absolute Gasteiger partial charge is 0.416 e. The second-order valence-corrected chi connectivity index (χ2v) is 7.24. The number of rotatable bonds is 4. The lowest BCUT2D eigenvalue weighted by atomic mass is 9.88. The van der Waals surface area contributed by atoms with Gasteiger partial charge in [0.25, 0.3) is 0 Å². The van der Waals surface area contributed by atoms with Crippen LogP contribution in [0.5, 0.6) is 0 Å². The highest BCUT2D eigenvalue weighted by Crippen LogP contribution is 2.37. The maximum atomic E-state index is 12.6. The molecule has 4 nitrogen and oxygen atoms in total. The Morgan fingerprint density at radius 2 is 1.88 bits per heavy atom. The molecule has 0 radical (unpaired) electrons. The SMILES string of the molecule is CC1(C(=O)NCc2cn(-c3ccc(C(F)(F)F)cc3)nc2Cl)CCCC1. The summed E-state index contributed by atoms with van der Waals surface area (Å²) in [6.45, 7) is 2.19. The maximum Gasteiger partial charge on any atom is 0.416 e. The minimum Gasteiger partial charge on any atom is -0.351 e. The highest BCUT2D eigenvalue weighted by molar-refractivity contribution is 6.30. The van der Waals surface area contributed by atoms with E-state index in [0.717, 1.165) is 37.8 Å². The van der Waals surface area contributed by atoms with Crippen LogP contribution in [0, 0.1) is 5.41 Å². The molecule has 140 valence electrons. The summed E-state index contributed by atoms with van der Waals surface area (Å²) in [5.41, 5.74) is 0.00847. The second-order valence-electron chi connectivity index (χ2n) is 6.88. The molecule has 1 aliphatic rings. The van der Waals surface area contributed by atoms with Crippen molar-refractivity contribution in [3.63, 3.8) is 0 Å². The zero-order chi connectivity index (χ0) is 18.9. The van der Waals surface area contributed by atoms with Gasteiger partial charge in [0.05, 0.1) is 11.3 Å². The number of nitrogens with one attached hydrogen (secondary N) is 1. The van der Waals surface area contributed by atoms with Crippen molar-refractivity contribution in [1.82, 2.24) is 15.1 Å². The van der Waals surface area contributed by atoms with E-state index in [4.69, 9.17) is 11.6 Å². The number of aromatic nitrogens is 2. The minimum atomic E-state index is -4.38. The number of hydrogen-bond acceptors (Lipinski definition) is 2. The molecule has 1 aromatic heterocycles. The molecule has 0 aliphatic heterocycles. The van der Waals surface area contributed by atoms with Crippen LogP contribution in [-0.2, 0) is 17.5 Å². The highest BCUT2D eigenvalue weighted by Gasteiger charge is 2.36. The molecule has 8 heteroatoms. The fourth-order valence-electron chi connectivity index (χ4n) is 3.21. The summed E-state index contributed by atoms with van der Waals surface area (Å²) in [6, 6.07) is 4.64. The van der Waals surface area contributed by atoms with Gasteiger partial charge >= 0.3 is 6.18 Å². The molecule has 3 rings (SSSR count). The van der Waals surface area contributed by atoms with Crippen LogP contribution in [0.15, 0.2) is 30.5 Å². The van der Waals surface area contributed by atoms with E-state index in [1.54, 1.807) is 6.20 Å². The molecule has 1 amide bonds. The van der Waals surface area contributed by atoms with E-state index in [0.29, 0.717) is 11.3 Å². The molecule has 1 fully saturated rings. The molecule has 1 heterocycles.